The zero-order chi connectivity index (χ0) is 12.3. The maximum absolute atomic E-state index is 12.1. The number of halogens is 1. The Balaban J connectivity index is 1.97. The lowest BCUT2D eigenvalue weighted by atomic mass is 9.97. The van der Waals surface area contributed by atoms with Gasteiger partial charge in [-0.15, -0.1) is 0 Å². The number of aryl methyl sites for hydroxylation is 1. The summed E-state index contributed by atoms with van der Waals surface area (Å²) in [6, 6.07) is 5.69. The Kier molecular flexibility index (Phi) is 4.22. The van der Waals surface area contributed by atoms with Gasteiger partial charge in [-0.2, -0.15) is 0 Å². The molecule has 0 aliphatic heterocycles. The molecule has 1 aliphatic carbocycles. The van der Waals surface area contributed by atoms with Crippen molar-refractivity contribution >= 4 is 17.4 Å². The molecule has 0 heterocycles. The van der Waals surface area contributed by atoms with Crippen LogP contribution in [0.15, 0.2) is 18.2 Å². The van der Waals surface area contributed by atoms with E-state index in [4.69, 9.17) is 11.6 Å². The topological polar surface area (TPSA) is 17.1 Å². The standard InChI is InChI=1S/C15H19ClO/c1-11-5-4-8-13(15(11)16)14(17)10-9-12-6-2-3-7-12/h4-5,8,12H,2-3,6-7,9-10H2,1H3. The molecule has 1 fully saturated rings. The Bertz CT molecular complexity index is 405. The summed E-state index contributed by atoms with van der Waals surface area (Å²) in [5, 5.41) is 0.629. The van der Waals surface area contributed by atoms with Gasteiger partial charge in [0.25, 0.3) is 0 Å². The summed E-state index contributed by atoms with van der Waals surface area (Å²) in [5.41, 5.74) is 1.68. The molecule has 2 rings (SSSR count). The number of Topliss-reactive ketones (excluding diaryl/α,β-unsaturated/α-hetero) is 1. The van der Waals surface area contributed by atoms with Crippen LogP contribution in [0.4, 0.5) is 0 Å². The van der Waals surface area contributed by atoms with Crippen molar-refractivity contribution in [1.29, 1.82) is 0 Å². The summed E-state index contributed by atoms with van der Waals surface area (Å²) in [6.45, 7) is 1.94. The molecule has 0 unspecified atom stereocenters. The van der Waals surface area contributed by atoms with Crippen LogP contribution in [0.2, 0.25) is 5.02 Å². The minimum absolute atomic E-state index is 0.200. The summed E-state index contributed by atoms with van der Waals surface area (Å²) < 4.78 is 0. The molecule has 1 aromatic rings. The molecular weight excluding hydrogens is 232 g/mol. The molecule has 1 nitrogen and oxygen atoms in total. The van der Waals surface area contributed by atoms with Gasteiger partial charge in [-0.3, -0.25) is 4.79 Å². The predicted octanol–water partition coefficient (Wildman–Crippen LogP) is 4.80. The number of rotatable bonds is 4. The maximum Gasteiger partial charge on any atom is 0.164 e. The number of hydrogen-bond donors (Lipinski definition) is 0. The number of carbonyl (C=O) groups is 1. The van der Waals surface area contributed by atoms with Crippen molar-refractivity contribution in [2.24, 2.45) is 5.92 Å². The molecule has 0 amide bonds. The summed E-state index contributed by atoms with van der Waals surface area (Å²) in [4.78, 5) is 12.1. The maximum atomic E-state index is 12.1. The van der Waals surface area contributed by atoms with Gasteiger partial charge in [0.2, 0.25) is 0 Å². The van der Waals surface area contributed by atoms with E-state index in [-0.39, 0.29) is 5.78 Å². The van der Waals surface area contributed by atoms with Crippen LogP contribution in [-0.2, 0) is 0 Å². The first kappa shape index (κ1) is 12.6. The third kappa shape index (κ3) is 3.10. The van der Waals surface area contributed by atoms with Crippen LogP contribution in [0.25, 0.3) is 0 Å². The number of hydrogen-bond acceptors (Lipinski definition) is 1. The second-order valence-electron chi connectivity index (χ2n) is 5.05. The van der Waals surface area contributed by atoms with Crippen molar-refractivity contribution < 1.29 is 4.79 Å². The predicted molar refractivity (Wildman–Crippen MR) is 71.7 cm³/mol. The van der Waals surface area contributed by atoms with Crippen LogP contribution in [0, 0.1) is 12.8 Å². The normalized spacial score (nSPS) is 16.4. The summed E-state index contributed by atoms with van der Waals surface area (Å²) >= 11 is 6.16. The van der Waals surface area contributed by atoms with E-state index in [0.29, 0.717) is 17.0 Å². The van der Waals surface area contributed by atoms with E-state index in [1.54, 1.807) is 0 Å². The first-order valence-electron chi connectivity index (χ1n) is 6.47. The minimum atomic E-state index is 0.200. The molecule has 1 saturated carbocycles. The van der Waals surface area contributed by atoms with Gasteiger partial charge in [0, 0.05) is 12.0 Å². The lowest BCUT2D eigenvalue weighted by Gasteiger charge is -2.09. The fourth-order valence-corrected chi connectivity index (χ4v) is 2.86. The van der Waals surface area contributed by atoms with Crippen LogP contribution < -0.4 is 0 Å². The molecule has 0 spiro atoms. The molecule has 92 valence electrons. The quantitative estimate of drug-likeness (QED) is 0.702. The number of carbonyl (C=O) groups excluding carboxylic acids is 1. The van der Waals surface area contributed by atoms with Crippen LogP contribution in [-0.4, -0.2) is 5.78 Å². The Morgan fingerprint density at radius 2 is 2.06 bits per heavy atom. The monoisotopic (exact) mass is 250 g/mol. The van der Waals surface area contributed by atoms with Gasteiger partial charge in [-0.1, -0.05) is 49.4 Å². The molecular formula is C15H19ClO. The van der Waals surface area contributed by atoms with Crippen molar-refractivity contribution in [2.45, 2.75) is 45.4 Å². The molecule has 2 heteroatoms. The van der Waals surface area contributed by atoms with Gasteiger partial charge < -0.3 is 0 Å². The van der Waals surface area contributed by atoms with Gasteiger partial charge in [-0.05, 0) is 30.9 Å². The van der Waals surface area contributed by atoms with E-state index in [9.17, 15) is 4.79 Å². The fourth-order valence-electron chi connectivity index (χ4n) is 2.63. The summed E-state index contributed by atoms with van der Waals surface area (Å²) in [5.74, 6) is 0.966. The smallest absolute Gasteiger partial charge is 0.164 e. The zero-order valence-corrected chi connectivity index (χ0v) is 11.1. The van der Waals surface area contributed by atoms with Gasteiger partial charge >= 0.3 is 0 Å². The average Bonchev–Trinajstić information content (AvgIpc) is 2.82. The Morgan fingerprint density at radius 3 is 2.76 bits per heavy atom. The summed E-state index contributed by atoms with van der Waals surface area (Å²) in [7, 11) is 0. The van der Waals surface area contributed by atoms with E-state index in [1.165, 1.54) is 25.7 Å². The molecule has 1 aromatic carbocycles. The van der Waals surface area contributed by atoms with Crippen molar-refractivity contribution in [2.75, 3.05) is 0 Å². The number of ketones is 1. The van der Waals surface area contributed by atoms with Gasteiger partial charge in [0.1, 0.15) is 0 Å². The molecule has 0 radical (unpaired) electrons. The highest BCUT2D eigenvalue weighted by atomic mass is 35.5. The lowest BCUT2D eigenvalue weighted by Crippen LogP contribution is -2.04. The van der Waals surface area contributed by atoms with Gasteiger partial charge in [0.15, 0.2) is 5.78 Å². The first-order valence-corrected chi connectivity index (χ1v) is 6.84. The Morgan fingerprint density at radius 1 is 1.35 bits per heavy atom. The lowest BCUT2D eigenvalue weighted by molar-refractivity contribution is 0.0974. The van der Waals surface area contributed by atoms with E-state index < -0.39 is 0 Å². The van der Waals surface area contributed by atoms with Crippen molar-refractivity contribution in [1.82, 2.24) is 0 Å². The van der Waals surface area contributed by atoms with Crippen molar-refractivity contribution in [3.63, 3.8) is 0 Å². The molecule has 0 N–H and O–H groups in total. The SMILES string of the molecule is Cc1cccc(C(=O)CCC2CCCC2)c1Cl. The van der Waals surface area contributed by atoms with Crippen LogP contribution in [0.1, 0.15) is 54.4 Å². The van der Waals surface area contributed by atoms with Gasteiger partial charge in [-0.25, -0.2) is 0 Å². The Hall–Kier alpha value is -0.820. The average molecular weight is 251 g/mol. The second kappa shape index (κ2) is 5.68. The summed E-state index contributed by atoms with van der Waals surface area (Å²) in [6.07, 6.45) is 6.95. The largest absolute Gasteiger partial charge is 0.294 e. The second-order valence-corrected chi connectivity index (χ2v) is 5.43. The highest BCUT2D eigenvalue weighted by Gasteiger charge is 2.18. The van der Waals surface area contributed by atoms with E-state index in [2.05, 4.69) is 0 Å². The van der Waals surface area contributed by atoms with Gasteiger partial charge in [0.05, 0.1) is 5.02 Å². The van der Waals surface area contributed by atoms with Crippen molar-refractivity contribution in [3.8, 4) is 0 Å². The molecule has 17 heavy (non-hydrogen) atoms. The molecule has 0 saturated heterocycles. The third-order valence-electron chi connectivity index (χ3n) is 3.75. The molecule has 0 bridgehead atoms. The third-order valence-corrected chi connectivity index (χ3v) is 4.25. The minimum Gasteiger partial charge on any atom is -0.294 e. The molecule has 1 aliphatic rings. The van der Waals surface area contributed by atoms with E-state index in [1.807, 2.05) is 25.1 Å². The highest BCUT2D eigenvalue weighted by Crippen LogP contribution is 2.30. The molecule has 0 atom stereocenters. The fraction of sp³-hybridized carbons (Fsp3) is 0.533. The first-order chi connectivity index (χ1) is 8.18. The van der Waals surface area contributed by atoms with Crippen LogP contribution >= 0.6 is 11.6 Å². The Labute approximate surface area is 108 Å². The molecule has 0 aromatic heterocycles. The van der Waals surface area contributed by atoms with Crippen LogP contribution in [0.3, 0.4) is 0 Å². The number of benzene rings is 1. The zero-order valence-electron chi connectivity index (χ0n) is 10.3. The van der Waals surface area contributed by atoms with E-state index >= 15 is 0 Å². The van der Waals surface area contributed by atoms with Crippen molar-refractivity contribution in [3.05, 3.63) is 34.3 Å². The highest BCUT2D eigenvalue weighted by molar-refractivity contribution is 6.34. The van der Waals surface area contributed by atoms with E-state index in [0.717, 1.165) is 17.9 Å². The van der Waals surface area contributed by atoms with Crippen LogP contribution in [0.5, 0.6) is 0 Å².